The first-order chi connectivity index (χ1) is 8.72. The van der Waals surface area contributed by atoms with Crippen LogP contribution in [0.25, 0.3) is 0 Å². The number of rotatable bonds is 3. The second kappa shape index (κ2) is 5.59. The lowest BCUT2D eigenvalue weighted by molar-refractivity contribution is -0.123. The molecule has 2 unspecified atom stereocenters. The highest BCUT2D eigenvalue weighted by molar-refractivity contribution is 5.85. The zero-order chi connectivity index (χ0) is 13.0. The summed E-state index contributed by atoms with van der Waals surface area (Å²) in [6.07, 6.45) is 6.50. The van der Waals surface area contributed by atoms with Gasteiger partial charge in [-0.05, 0) is 19.4 Å². The van der Waals surface area contributed by atoms with E-state index in [-0.39, 0.29) is 17.9 Å². The molecule has 2 atom stereocenters. The van der Waals surface area contributed by atoms with Gasteiger partial charge in [-0.1, -0.05) is 18.2 Å². The van der Waals surface area contributed by atoms with E-state index in [2.05, 4.69) is 11.2 Å². The Labute approximate surface area is 108 Å². The van der Waals surface area contributed by atoms with Gasteiger partial charge in [-0.2, -0.15) is 0 Å². The minimum atomic E-state index is -0.129. The number of nitrogens with one attached hydrogen (secondary N) is 1. The van der Waals surface area contributed by atoms with Gasteiger partial charge in [0.05, 0.1) is 12.5 Å². The molecule has 1 amide bonds. The SMILES string of the molecule is C#CCC(C)NC(=O)C1CCOc2ccccc21. The lowest BCUT2D eigenvalue weighted by atomic mass is 9.92. The maximum absolute atomic E-state index is 12.2. The molecule has 3 nitrogen and oxygen atoms in total. The summed E-state index contributed by atoms with van der Waals surface area (Å²) in [7, 11) is 0. The highest BCUT2D eigenvalue weighted by Crippen LogP contribution is 2.33. The third-order valence-corrected chi connectivity index (χ3v) is 3.09. The van der Waals surface area contributed by atoms with Crippen LogP contribution in [0.3, 0.4) is 0 Å². The van der Waals surface area contributed by atoms with Crippen LogP contribution in [0, 0.1) is 12.3 Å². The molecule has 2 rings (SSSR count). The number of ether oxygens (including phenoxy) is 1. The van der Waals surface area contributed by atoms with Gasteiger partial charge in [0.1, 0.15) is 5.75 Å². The topological polar surface area (TPSA) is 38.3 Å². The number of para-hydroxylation sites is 1. The first-order valence-corrected chi connectivity index (χ1v) is 6.18. The third-order valence-electron chi connectivity index (χ3n) is 3.09. The lowest BCUT2D eigenvalue weighted by Crippen LogP contribution is -2.37. The van der Waals surface area contributed by atoms with Crippen molar-refractivity contribution in [2.45, 2.75) is 31.7 Å². The van der Waals surface area contributed by atoms with Crippen molar-refractivity contribution < 1.29 is 9.53 Å². The van der Waals surface area contributed by atoms with Crippen LogP contribution in [0.5, 0.6) is 5.75 Å². The van der Waals surface area contributed by atoms with Gasteiger partial charge in [0.15, 0.2) is 0 Å². The summed E-state index contributed by atoms with van der Waals surface area (Å²) in [5.74, 6) is 3.28. The van der Waals surface area contributed by atoms with Crippen LogP contribution in [-0.4, -0.2) is 18.6 Å². The van der Waals surface area contributed by atoms with Gasteiger partial charge in [0.2, 0.25) is 5.91 Å². The van der Waals surface area contributed by atoms with Gasteiger partial charge in [0, 0.05) is 18.0 Å². The van der Waals surface area contributed by atoms with Crippen molar-refractivity contribution >= 4 is 5.91 Å². The van der Waals surface area contributed by atoms with Crippen LogP contribution in [0.2, 0.25) is 0 Å². The van der Waals surface area contributed by atoms with E-state index in [1.807, 2.05) is 31.2 Å². The van der Waals surface area contributed by atoms with E-state index in [1.54, 1.807) is 0 Å². The molecular formula is C15H17NO2. The van der Waals surface area contributed by atoms with E-state index in [4.69, 9.17) is 11.2 Å². The highest BCUT2D eigenvalue weighted by Gasteiger charge is 2.27. The summed E-state index contributed by atoms with van der Waals surface area (Å²) in [5.41, 5.74) is 0.967. The normalized spacial score (nSPS) is 19.0. The fourth-order valence-electron chi connectivity index (χ4n) is 2.19. The van der Waals surface area contributed by atoms with E-state index in [1.165, 1.54) is 0 Å². The predicted octanol–water partition coefficient (Wildman–Crippen LogP) is 2.08. The molecule has 0 radical (unpaired) electrons. The maximum atomic E-state index is 12.2. The Balaban J connectivity index is 2.11. The molecule has 1 N–H and O–H groups in total. The van der Waals surface area contributed by atoms with Crippen LogP contribution >= 0.6 is 0 Å². The van der Waals surface area contributed by atoms with Gasteiger partial charge < -0.3 is 10.1 Å². The van der Waals surface area contributed by atoms with Gasteiger partial charge in [-0.25, -0.2) is 0 Å². The monoisotopic (exact) mass is 243 g/mol. The number of amides is 1. The number of terminal acetylenes is 1. The first-order valence-electron chi connectivity index (χ1n) is 6.18. The molecule has 1 aromatic carbocycles. The maximum Gasteiger partial charge on any atom is 0.228 e. The Hall–Kier alpha value is -1.95. The van der Waals surface area contributed by atoms with E-state index in [0.717, 1.165) is 11.3 Å². The summed E-state index contributed by atoms with van der Waals surface area (Å²) < 4.78 is 5.54. The zero-order valence-corrected chi connectivity index (χ0v) is 10.5. The van der Waals surface area contributed by atoms with Gasteiger partial charge in [0.25, 0.3) is 0 Å². The first kappa shape index (κ1) is 12.5. The number of carbonyl (C=O) groups excluding carboxylic acids is 1. The Morgan fingerprint density at radius 2 is 2.39 bits per heavy atom. The molecule has 0 fully saturated rings. The van der Waals surface area contributed by atoms with E-state index < -0.39 is 0 Å². The molecule has 1 heterocycles. The lowest BCUT2D eigenvalue weighted by Gasteiger charge is -2.26. The van der Waals surface area contributed by atoms with Crippen LogP contribution in [0.15, 0.2) is 24.3 Å². The van der Waals surface area contributed by atoms with Gasteiger partial charge >= 0.3 is 0 Å². The molecule has 18 heavy (non-hydrogen) atoms. The summed E-state index contributed by atoms with van der Waals surface area (Å²) in [6, 6.07) is 7.71. The van der Waals surface area contributed by atoms with Crippen LogP contribution < -0.4 is 10.1 Å². The molecule has 0 saturated carbocycles. The van der Waals surface area contributed by atoms with Crippen molar-refractivity contribution in [2.24, 2.45) is 0 Å². The molecule has 0 aliphatic carbocycles. The molecule has 3 heteroatoms. The Bertz CT molecular complexity index is 476. The van der Waals surface area contributed by atoms with Crippen molar-refractivity contribution in [2.75, 3.05) is 6.61 Å². The molecule has 0 saturated heterocycles. The number of hydrogen-bond donors (Lipinski definition) is 1. The number of fused-ring (bicyclic) bond motifs is 1. The van der Waals surface area contributed by atoms with Gasteiger partial charge in [-0.15, -0.1) is 12.3 Å². The van der Waals surface area contributed by atoms with Crippen molar-refractivity contribution in [3.8, 4) is 18.1 Å². The van der Waals surface area contributed by atoms with Crippen LogP contribution in [0.4, 0.5) is 0 Å². The van der Waals surface area contributed by atoms with Crippen LogP contribution in [0.1, 0.15) is 31.2 Å². The second-order valence-corrected chi connectivity index (χ2v) is 4.55. The minimum Gasteiger partial charge on any atom is -0.493 e. The number of benzene rings is 1. The third kappa shape index (κ3) is 2.65. The zero-order valence-electron chi connectivity index (χ0n) is 10.5. The van der Waals surface area contributed by atoms with E-state index >= 15 is 0 Å². The van der Waals surface area contributed by atoms with Crippen molar-refractivity contribution in [1.29, 1.82) is 0 Å². The predicted molar refractivity (Wildman–Crippen MR) is 70.3 cm³/mol. The molecule has 1 aliphatic heterocycles. The largest absolute Gasteiger partial charge is 0.493 e. The number of carbonyl (C=O) groups is 1. The minimum absolute atomic E-state index is 0.0116. The molecule has 0 aromatic heterocycles. The standard InChI is InChI=1S/C15H17NO2/c1-3-6-11(2)16-15(17)13-9-10-18-14-8-5-4-7-12(13)14/h1,4-5,7-8,11,13H,6,9-10H2,2H3,(H,16,17). The fourth-order valence-corrected chi connectivity index (χ4v) is 2.19. The summed E-state index contributed by atoms with van der Waals surface area (Å²) in [4.78, 5) is 12.2. The van der Waals surface area contributed by atoms with E-state index in [9.17, 15) is 4.79 Å². The molecule has 0 spiro atoms. The Morgan fingerprint density at radius 3 is 3.17 bits per heavy atom. The molecule has 1 aromatic rings. The van der Waals surface area contributed by atoms with Crippen molar-refractivity contribution in [1.82, 2.24) is 5.32 Å². The molecule has 1 aliphatic rings. The van der Waals surface area contributed by atoms with Crippen LogP contribution in [-0.2, 0) is 4.79 Å². The average Bonchev–Trinajstić information content (AvgIpc) is 2.38. The average molecular weight is 243 g/mol. The molecule has 94 valence electrons. The Kier molecular flexibility index (Phi) is 3.88. The smallest absolute Gasteiger partial charge is 0.228 e. The van der Waals surface area contributed by atoms with Gasteiger partial charge in [-0.3, -0.25) is 4.79 Å². The quantitative estimate of drug-likeness (QED) is 0.825. The molecular weight excluding hydrogens is 226 g/mol. The fraction of sp³-hybridized carbons (Fsp3) is 0.400. The highest BCUT2D eigenvalue weighted by atomic mass is 16.5. The second-order valence-electron chi connectivity index (χ2n) is 4.55. The molecule has 0 bridgehead atoms. The van der Waals surface area contributed by atoms with E-state index in [0.29, 0.717) is 19.4 Å². The van der Waals surface area contributed by atoms with Crippen molar-refractivity contribution in [3.05, 3.63) is 29.8 Å². The Morgan fingerprint density at radius 1 is 1.61 bits per heavy atom. The summed E-state index contributed by atoms with van der Waals surface area (Å²) in [6.45, 7) is 2.50. The summed E-state index contributed by atoms with van der Waals surface area (Å²) >= 11 is 0. The van der Waals surface area contributed by atoms with Crippen molar-refractivity contribution in [3.63, 3.8) is 0 Å². The number of hydrogen-bond acceptors (Lipinski definition) is 2. The summed E-state index contributed by atoms with van der Waals surface area (Å²) in [5, 5.41) is 2.95.